The Kier molecular flexibility index (Phi) is 14.1. The maximum absolute atomic E-state index is 12.6. The van der Waals surface area contributed by atoms with Gasteiger partial charge >= 0.3 is 0 Å². The lowest BCUT2D eigenvalue weighted by Crippen LogP contribution is -2.25. The van der Waals surface area contributed by atoms with Crippen molar-refractivity contribution in [1.29, 1.82) is 0 Å². The molecule has 7 nitrogen and oxygen atoms in total. The fourth-order valence-electron chi connectivity index (χ4n) is 4.09. The minimum atomic E-state index is -0.293. The van der Waals surface area contributed by atoms with Crippen molar-refractivity contribution in [3.63, 3.8) is 0 Å². The third-order valence-corrected chi connectivity index (χ3v) is 6.13. The summed E-state index contributed by atoms with van der Waals surface area (Å²) < 4.78 is 10.2. The van der Waals surface area contributed by atoms with Gasteiger partial charge in [-0.15, -0.1) is 0 Å². The first kappa shape index (κ1) is 28.6. The lowest BCUT2D eigenvalue weighted by atomic mass is 9.89. The molecule has 1 aliphatic rings. The molecule has 0 amide bonds. The van der Waals surface area contributed by atoms with Gasteiger partial charge in [0.15, 0.2) is 0 Å². The molecule has 0 aromatic carbocycles. The average molecular weight is 464 g/mol. The van der Waals surface area contributed by atoms with E-state index in [1.165, 1.54) is 33.5 Å². The number of rotatable bonds is 18. The Morgan fingerprint density at radius 1 is 0.848 bits per heavy atom. The van der Waals surface area contributed by atoms with Crippen LogP contribution in [0.2, 0.25) is 0 Å². The lowest BCUT2D eigenvalue weighted by molar-refractivity contribution is -0.428. The first-order chi connectivity index (χ1) is 15.9. The van der Waals surface area contributed by atoms with E-state index in [9.17, 15) is 19.7 Å². The molecule has 33 heavy (non-hydrogen) atoms. The second kappa shape index (κ2) is 16.2. The van der Waals surface area contributed by atoms with Crippen LogP contribution in [0.3, 0.4) is 0 Å². The number of nitro groups is 1. The summed E-state index contributed by atoms with van der Waals surface area (Å²) >= 11 is 0. The predicted molar refractivity (Wildman–Crippen MR) is 129 cm³/mol. The van der Waals surface area contributed by atoms with Crippen molar-refractivity contribution < 1.29 is 24.0 Å². The molecule has 0 unspecified atom stereocenters. The number of carbonyl (C=O) groups excluding carboxylic acids is 2. The van der Waals surface area contributed by atoms with Crippen LogP contribution in [0.5, 0.6) is 0 Å². The first-order valence-corrected chi connectivity index (χ1v) is 12.3. The molecule has 0 radical (unpaired) electrons. The van der Waals surface area contributed by atoms with E-state index in [0.29, 0.717) is 29.7 Å². The van der Waals surface area contributed by atoms with Crippen molar-refractivity contribution in [2.75, 3.05) is 14.2 Å². The van der Waals surface area contributed by atoms with Gasteiger partial charge < -0.3 is 9.47 Å². The lowest BCUT2D eigenvalue weighted by Gasteiger charge is -2.20. The fraction of sp³-hybridized carbons (Fsp3) is 0.692. The van der Waals surface area contributed by atoms with Gasteiger partial charge in [0, 0.05) is 17.6 Å². The highest BCUT2D eigenvalue weighted by atomic mass is 16.6. The van der Waals surface area contributed by atoms with Gasteiger partial charge in [0.25, 0.3) is 0 Å². The quantitative estimate of drug-likeness (QED) is 0.0983. The van der Waals surface area contributed by atoms with Crippen molar-refractivity contribution in [3.8, 4) is 0 Å². The zero-order valence-electron chi connectivity index (χ0n) is 20.9. The number of methoxy groups -OCH3 is 2. The summed E-state index contributed by atoms with van der Waals surface area (Å²) in [6.07, 6.45) is 15.0. The van der Waals surface area contributed by atoms with E-state index < -0.39 is 0 Å². The topological polar surface area (TPSA) is 95.7 Å². The molecule has 186 valence electrons. The van der Waals surface area contributed by atoms with Gasteiger partial charge in [0.05, 0.1) is 19.1 Å². The van der Waals surface area contributed by atoms with Crippen molar-refractivity contribution in [2.45, 2.75) is 104 Å². The van der Waals surface area contributed by atoms with Crippen LogP contribution in [0.15, 0.2) is 34.4 Å². The van der Waals surface area contributed by atoms with Gasteiger partial charge in [-0.25, -0.2) is 0 Å². The molecule has 0 bridgehead atoms. The second-order valence-corrected chi connectivity index (χ2v) is 8.61. The van der Waals surface area contributed by atoms with Crippen LogP contribution >= 0.6 is 0 Å². The third-order valence-electron chi connectivity index (χ3n) is 6.13. The van der Waals surface area contributed by atoms with Gasteiger partial charge in [-0.3, -0.25) is 19.7 Å². The van der Waals surface area contributed by atoms with E-state index in [1.54, 1.807) is 13.0 Å². The van der Waals surface area contributed by atoms with Gasteiger partial charge in [0.1, 0.15) is 0 Å². The Morgan fingerprint density at radius 2 is 1.39 bits per heavy atom. The Bertz CT molecular complexity index is 763. The normalized spacial score (nSPS) is 14.8. The van der Waals surface area contributed by atoms with E-state index in [4.69, 9.17) is 9.47 Å². The fourth-order valence-corrected chi connectivity index (χ4v) is 4.09. The predicted octanol–water partition coefficient (Wildman–Crippen LogP) is 6.60. The zero-order valence-corrected chi connectivity index (χ0v) is 20.9. The van der Waals surface area contributed by atoms with Crippen LogP contribution < -0.4 is 0 Å². The summed E-state index contributed by atoms with van der Waals surface area (Å²) in [4.78, 5) is 36.0. The molecule has 0 saturated heterocycles. The van der Waals surface area contributed by atoms with E-state index in [2.05, 4.69) is 6.92 Å². The number of hydrogen-bond donors (Lipinski definition) is 0. The number of allylic oxidation sites excluding steroid dienone is 4. The minimum absolute atomic E-state index is 0.0163. The number of nitrogens with zero attached hydrogens (tertiary/aromatic N) is 1. The molecule has 7 heteroatoms. The molecule has 0 aliphatic heterocycles. The SMILES string of the molecule is CCCCCCCC/C(=C\CCCCCCCC1=C(C)C(=O)C(OC)=C(OC)C1=O)[N+](=O)[O-]. The first-order valence-electron chi connectivity index (χ1n) is 12.3. The summed E-state index contributed by atoms with van der Waals surface area (Å²) in [5.41, 5.74) is 1.29. The van der Waals surface area contributed by atoms with Crippen LogP contribution in [0, 0.1) is 10.1 Å². The number of ketones is 2. The van der Waals surface area contributed by atoms with Crippen LogP contribution in [-0.2, 0) is 19.1 Å². The minimum Gasteiger partial charge on any atom is -0.489 e. The van der Waals surface area contributed by atoms with E-state index in [1.807, 2.05) is 0 Å². The molecule has 0 N–H and O–H groups in total. The Hall–Kier alpha value is -2.44. The maximum Gasteiger partial charge on any atom is 0.242 e. The van der Waals surface area contributed by atoms with Crippen LogP contribution in [-0.4, -0.2) is 30.7 Å². The molecule has 0 aromatic rings. The molecule has 0 fully saturated rings. The summed E-state index contributed by atoms with van der Waals surface area (Å²) in [5.74, 6) is -0.604. The highest BCUT2D eigenvalue weighted by Crippen LogP contribution is 2.28. The summed E-state index contributed by atoms with van der Waals surface area (Å²) in [5, 5.41) is 11.2. The monoisotopic (exact) mass is 463 g/mol. The summed E-state index contributed by atoms with van der Waals surface area (Å²) in [6, 6.07) is 0. The van der Waals surface area contributed by atoms with Gasteiger partial charge in [-0.05, 0) is 45.1 Å². The van der Waals surface area contributed by atoms with Crippen molar-refractivity contribution >= 4 is 11.6 Å². The highest BCUT2D eigenvalue weighted by molar-refractivity contribution is 6.23. The third kappa shape index (κ3) is 9.52. The zero-order chi connectivity index (χ0) is 24.6. The molecule has 1 aliphatic carbocycles. The molecule has 1 rings (SSSR count). The standard InChI is InChI=1S/C26H41NO6/c1-5-6-7-8-11-14-17-21(27(30)31)18-15-12-9-10-13-16-19-22-20(2)23(28)25(32-3)26(33-4)24(22)29/h18H,5-17,19H2,1-4H3/b21-18+. The van der Waals surface area contributed by atoms with Crippen molar-refractivity contribution in [3.05, 3.63) is 44.6 Å². The van der Waals surface area contributed by atoms with Crippen molar-refractivity contribution in [2.24, 2.45) is 0 Å². The highest BCUT2D eigenvalue weighted by Gasteiger charge is 2.34. The number of ether oxygens (including phenoxy) is 2. The molecular formula is C26H41NO6. The van der Waals surface area contributed by atoms with E-state index in [0.717, 1.165) is 57.8 Å². The Morgan fingerprint density at radius 3 is 2.00 bits per heavy atom. The molecular weight excluding hydrogens is 422 g/mol. The smallest absolute Gasteiger partial charge is 0.242 e. The van der Waals surface area contributed by atoms with E-state index in [-0.39, 0.29) is 28.0 Å². The number of Topliss-reactive ketones (excluding diaryl/α,β-unsaturated/α-hetero) is 2. The Labute approximate surface area is 198 Å². The van der Waals surface area contributed by atoms with Crippen LogP contribution in [0.4, 0.5) is 0 Å². The molecule has 0 atom stereocenters. The largest absolute Gasteiger partial charge is 0.489 e. The van der Waals surface area contributed by atoms with Gasteiger partial charge in [-0.1, -0.05) is 58.3 Å². The van der Waals surface area contributed by atoms with Crippen molar-refractivity contribution in [1.82, 2.24) is 0 Å². The van der Waals surface area contributed by atoms with Crippen LogP contribution in [0.1, 0.15) is 104 Å². The van der Waals surface area contributed by atoms with E-state index >= 15 is 0 Å². The molecule has 0 spiro atoms. The Balaban J connectivity index is 2.31. The number of hydrogen-bond acceptors (Lipinski definition) is 6. The molecule has 0 heterocycles. The maximum atomic E-state index is 12.6. The molecule has 0 saturated carbocycles. The molecule has 0 aromatic heterocycles. The average Bonchev–Trinajstić information content (AvgIpc) is 2.80. The second-order valence-electron chi connectivity index (χ2n) is 8.61. The van der Waals surface area contributed by atoms with Gasteiger partial charge in [0.2, 0.25) is 28.8 Å². The number of unbranched alkanes of at least 4 members (excludes halogenated alkanes) is 10. The summed E-state index contributed by atoms with van der Waals surface area (Å²) in [6.45, 7) is 3.84. The summed E-state index contributed by atoms with van der Waals surface area (Å²) in [7, 11) is 2.72. The van der Waals surface area contributed by atoms with Gasteiger partial charge in [-0.2, -0.15) is 0 Å². The number of carbonyl (C=O) groups is 2. The van der Waals surface area contributed by atoms with Crippen LogP contribution in [0.25, 0.3) is 0 Å².